The zero-order valence-corrected chi connectivity index (χ0v) is 18.5. The van der Waals surface area contributed by atoms with Crippen molar-refractivity contribution in [2.45, 2.75) is 18.9 Å². The van der Waals surface area contributed by atoms with Gasteiger partial charge in [0.15, 0.2) is 11.6 Å². The quantitative estimate of drug-likeness (QED) is 0.543. The fourth-order valence-electron chi connectivity index (χ4n) is 5.24. The first kappa shape index (κ1) is 23.1. The Morgan fingerprint density at radius 3 is 2.60 bits per heavy atom. The Morgan fingerprint density at radius 2 is 1.94 bits per heavy atom. The van der Waals surface area contributed by atoms with Crippen LogP contribution in [0.2, 0.25) is 0 Å². The average Bonchev–Trinajstić information content (AvgIpc) is 3.23. The van der Waals surface area contributed by atoms with Crippen molar-refractivity contribution >= 4 is 28.6 Å². The lowest BCUT2D eigenvalue weighted by atomic mass is 9.94. The van der Waals surface area contributed by atoms with Crippen molar-refractivity contribution in [1.82, 2.24) is 9.88 Å². The van der Waals surface area contributed by atoms with Crippen molar-refractivity contribution in [1.29, 1.82) is 0 Å². The number of carboxylic acid groups (broad SMARTS) is 1. The Bertz CT molecular complexity index is 1440. The molecule has 3 aromatic rings. The summed E-state index contributed by atoms with van der Waals surface area (Å²) in [6, 6.07) is 2.49. The Balaban J connectivity index is 1.87. The van der Waals surface area contributed by atoms with E-state index in [4.69, 9.17) is 0 Å². The van der Waals surface area contributed by atoms with Crippen LogP contribution < -0.4 is 15.6 Å². The topological polar surface area (TPSA) is 74.6 Å². The summed E-state index contributed by atoms with van der Waals surface area (Å²) < 4.78 is 61.1. The van der Waals surface area contributed by atoms with Gasteiger partial charge in [-0.15, -0.1) is 0 Å². The first-order chi connectivity index (χ1) is 16.7. The van der Waals surface area contributed by atoms with Crippen molar-refractivity contribution in [2.75, 3.05) is 24.5 Å². The second kappa shape index (κ2) is 8.53. The van der Waals surface area contributed by atoms with Gasteiger partial charge in [-0.05, 0) is 37.4 Å². The molecule has 0 spiro atoms. The highest BCUT2D eigenvalue weighted by atomic mass is 19.1. The van der Waals surface area contributed by atoms with Gasteiger partial charge in [0.25, 0.3) is 0 Å². The summed E-state index contributed by atoms with van der Waals surface area (Å²) in [7, 11) is 0. The molecule has 0 aliphatic carbocycles. The van der Waals surface area contributed by atoms with Crippen LogP contribution in [0.15, 0.2) is 35.8 Å². The number of nitrogens with one attached hydrogen (secondary N) is 1. The fraction of sp³-hybridized carbons (Fsp3) is 0.280. The molecule has 1 aromatic heterocycles. The normalized spacial score (nSPS) is 19.7. The number of hydrogen-bond acceptors (Lipinski definition) is 4. The predicted octanol–water partition coefficient (Wildman–Crippen LogP) is 4.08. The van der Waals surface area contributed by atoms with E-state index in [9.17, 15) is 23.5 Å². The van der Waals surface area contributed by atoms with Gasteiger partial charge < -0.3 is 19.9 Å². The van der Waals surface area contributed by atoms with Crippen molar-refractivity contribution in [2.24, 2.45) is 5.92 Å². The summed E-state index contributed by atoms with van der Waals surface area (Å²) >= 11 is 0. The third kappa shape index (κ3) is 3.59. The fourth-order valence-corrected chi connectivity index (χ4v) is 5.24. The maximum absolute atomic E-state index is 16.2. The van der Waals surface area contributed by atoms with Crippen LogP contribution in [-0.4, -0.2) is 41.3 Å². The number of pyridine rings is 1. The van der Waals surface area contributed by atoms with Crippen molar-refractivity contribution in [3.63, 3.8) is 0 Å². The van der Waals surface area contributed by atoms with Crippen LogP contribution in [0.25, 0.3) is 22.7 Å². The van der Waals surface area contributed by atoms with Gasteiger partial charge in [0.2, 0.25) is 5.43 Å². The average molecular weight is 487 g/mol. The van der Waals surface area contributed by atoms with Crippen molar-refractivity contribution < 1.29 is 27.5 Å². The number of anilines is 1. The third-order valence-corrected chi connectivity index (χ3v) is 6.86. The summed E-state index contributed by atoms with van der Waals surface area (Å²) in [4.78, 5) is 26.4. The Kier molecular flexibility index (Phi) is 5.63. The van der Waals surface area contributed by atoms with E-state index >= 15 is 8.78 Å². The van der Waals surface area contributed by atoms with Crippen LogP contribution >= 0.6 is 0 Å². The number of aromatic nitrogens is 1. The molecule has 2 aliphatic rings. The maximum atomic E-state index is 16.2. The molecule has 0 amide bonds. The molecule has 2 aliphatic heterocycles. The van der Waals surface area contributed by atoms with E-state index in [-0.39, 0.29) is 17.5 Å². The minimum Gasteiger partial charge on any atom is -0.477 e. The highest BCUT2D eigenvalue weighted by molar-refractivity contribution is 5.98. The minimum absolute atomic E-state index is 0.0385. The first-order valence-corrected chi connectivity index (χ1v) is 11.1. The molecular weight excluding hydrogens is 466 g/mol. The van der Waals surface area contributed by atoms with E-state index < -0.39 is 62.5 Å². The van der Waals surface area contributed by atoms with Gasteiger partial charge in [-0.3, -0.25) is 4.79 Å². The first-order valence-electron chi connectivity index (χ1n) is 11.1. The number of benzene rings is 2. The summed E-state index contributed by atoms with van der Waals surface area (Å²) in [5.41, 5.74) is -3.66. The molecule has 0 unspecified atom stereocenters. The molecule has 0 bridgehead atoms. The van der Waals surface area contributed by atoms with Crippen LogP contribution in [0, 0.1) is 29.2 Å². The smallest absolute Gasteiger partial charge is 0.341 e. The number of piperidine rings is 1. The molecule has 35 heavy (non-hydrogen) atoms. The molecular formula is C25H21F4N3O3. The molecule has 2 N–H and O–H groups in total. The summed E-state index contributed by atoms with van der Waals surface area (Å²) in [6.45, 7) is 5.04. The molecule has 6 nitrogen and oxygen atoms in total. The van der Waals surface area contributed by atoms with Gasteiger partial charge in [-0.25, -0.2) is 22.4 Å². The molecule has 10 heteroatoms. The molecule has 182 valence electrons. The molecule has 2 aromatic carbocycles. The van der Waals surface area contributed by atoms with E-state index in [1.54, 1.807) is 4.90 Å². The number of hydrogen-bond donors (Lipinski definition) is 2. The van der Waals surface area contributed by atoms with Gasteiger partial charge in [0, 0.05) is 37.0 Å². The third-order valence-electron chi connectivity index (χ3n) is 6.86. The predicted molar refractivity (Wildman–Crippen MR) is 123 cm³/mol. The molecule has 0 saturated carbocycles. The Morgan fingerprint density at radius 1 is 1.17 bits per heavy atom. The zero-order valence-electron chi connectivity index (χ0n) is 18.5. The largest absolute Gasteiger partial charge is 0.477 e. The summed E-state index contributed by atoms with van der Waals surface area (Å²) in [5, 5.41) is 12.3. The Labute approximate surface area is 197 Å². The standard InChI is InChI=1S/C25H21F4N3O3/c1-2-14-19-22(21(29)23(20(14)28)31-9-12-4-3-7-30-17(12)11-31)32(10-15(24(19)33)25(34)35)18-6-5-13(26)8-16(18)27/h2,5-6,8,10,12,17,30H,1,3-4,7,9,11H2,(H,34,35)/t12-,17+/m0/s1. The lowest BCUT2D eigenvalue weighted by Gasteiger charge is -2.24. The minimum atomic E-state index is -1.66. The van der Waals surface area contributed by atoms with Gasteiger partial charge in [0.05, 0.1) is 16.6 Å². The lowest BCUT2D eigenvalue weighted by molar-refractivity contribution is 0.0695. The molecule has 3 heterocycles. The number of halogens is 4. The van der Waals surface area contributed by atoms with E-state index in [0.29, 0.717) is 19.2 Å². The summed E-state index contributed by atoms with van der Waals surface area (Å²) in [5.74, 6) is -5.69. The van der Waals surface area contributed by atoms with Crippen LogP contribution in [0.1, 0.15) is 28.8 Å². The van der Waals surface area contributed by atoms with Crippen LogP contribution in [-0.2, 0) is 0 Å². The van der Waals surface area contributed by atoms with E-state index in [1.807, 2.05) is 0 Å². The van der Waals surface area contributed by atoms with Gasteiger partial charge in [-0.2, -0.15) is 0 Å². The molecule has 2 saturated heterocycles. The summed E-state index contributed by atoms with van der Waals surface area (Å²) in [6.07, 6.45) is 3.62. The van der Waals surface area contributed by atoms with Crippen LogP contribution in [0.3, 0.4) is 0 Å². The number of carbonyl (C=O) groups is 1. The highest BCUT2D eigenvalue weighted by Gasteiger charge is 2.38. The van der Waals surface area contributed by atoms with Gasteiger partial charge >= 0.3 is 5.97 Å². The number of nitrogens with zero attached hydrogens (tertiary/aromatic N) is 2. The van der Waals surface area contributed by atoms with E-state index in [0.717, 1.165) is 48.4 Å². The SMILES string of the molecule is C=Cc1c(F)c(N2C[C@@H]3CCCN[C@@H]3C2)c(F)c2c1c(=O)c(C(=O)O)cn2-c1ccc(F)cc1F. The lowest BCUT2D eigenvalue weighted by Crippen LogP contribution is -2.40. The monoisotopic (exact) mass is 487 g/mol. The molecule has 2 fully saturated rings. The number of carboxylic acids is 1. The van der Waals surface area contributed by atoms with Gasteiger partial charge in [0.1, 0.15) is 22.9 Å². The van der Waals surface area contributed by atoms with Crippen molar-refractivity contribution in [3.05, 3.63) is 75.6 Å². The zero-order chi connectivity index (χ0) is 25.0. The highest BCUT2D eigenvalue weighted by Crippen LogP contribution is 2.38. The van der Waals surface area contributed by atoms with Gasteiger partial charge in [-0.1, -0.05) is 12.7 Å². The second-order valence-electron chi connectivity index (χ2n) is 8.83. The number of fused-ring (bicyclic) bond motifs is 2. The second-order valence-corrected chi connectivity index (χ2v) is 8.83. The van der Waals surface area contributed by atoms with Crippen LogP contribution in [0.4, 0.5) is 23.2 Å². The molecule has 5 rings (SSSR count). The Hall–Kier alpha value is -3.66. The van der Waals surface area contributed by atoms with E-state index in [1.165, 1.54) is 0 Å². The van der Waals surface area contributed by atoms with Crippen LogP contribution in [0.5, 0.6) is 0 Å². The van der Waals surface area contributed by atoms with Crippen molar-refractivity contribution in [3.8, 4) is 5.69 Å². The number of rotatable bonds is 4. The molecule has 2 atom stereocenters. The number of aromatic carboxylic acids is 1. The van der Waals surface area contributed by atoms with E-state index in [2.05, 4.69) is 11.9 Å². The maximum Gasteiger partial charge on any atom is 0.341 e. The molecule has 0 radical (unpaired) electrons.